The van der Waals surface area contributed by atoms with E-state index in [1.165, 1.54) is 6.07 Å². The number of hydrogen-bond acceptors (Lipinski definition) is 3. The zero-order valence-corrected chi connectivity index (χ0v) is 8.33. The molecule has 1 rings (SSSR count). The number of nitrogens with zero attached hydrogens (tertiary/aromatic N) is 2. The third-order valence-electron chi connectivity index (χ3n) is 1.51. The van der Waals surface area contributed by atoms with E-state index in [0.29, 0.717) is 5.56 Å². The van der Waals surface area contributed by atoms with Crippen molar-refractivity contribution >= 4 is 21.6 Å². The average molecular weight is 241 g/mol. The Balaban J connectivity index is 3.47. The van der Waals surface area contributed by atoms with Gasteiger partial charge in [0.1, 0.15) is 10.5 Å². The predicted octanol–water partition coefficient (Wildman–Crippen LogP) is 2.54. The highest BCUT2D eigenvalue weighted by molar-refractivity contribution is 9.10. The first-order valence-electron chi connectivity index (χ1n) is 3.41. The van der Waals surface area contributed by atoms with Crippen LogP contribution in [-0.4, -0.2) is 4.92 Å². The lowest BCUT2D eigenvalue weighted by Gasteiger charge is -1.99. The van der Waals surface area contributed by atoms with Gasteiger partial charge in [-0.15, -0.1) is 0 Å². The SMILES string of the molecule is Cc1cc(C#N)c(Br)c([N+](=O)[O-])c1. The topological polar surface area (TPSA) is 66.9 Å². The summed E-state index contributed by atoms with van der Waals surface area (Å²) in [7, 11) is 0. The monoisotopic (exact) mass is 240 g/mol. The molecule has 0 unspecified atom stereocenters. The predicted molar refractivity (Wildman–Crippen MR) is 50.2 cm³/mol. The van der Waals surface area contributed by atoms with Gasteiger partial charge in [0.15, 0.2) is 0 Å². The van der Waals surface area contributed by atoms with Gasteiger partial charge < -0.3 is 0 Å². The summed E-state index contributed by atoms with van der Waals surface area (Å²) in [5, 5.41) is 19.2. The maximum absolute atomic E-state index is 10.5. The Hall–Kier alpha value is -1.41. The van der Waals surface area contributed by atoms with Crippen molar-refractivity contribution < 1.29 is 4.92 Å². The van der Waals surface area contributed by atoms with Crippen molar-refractivity contribution in [3.8, 4) is 6.07 Å². The number of halogens is 1. The van der Waals surface area contributed by atoms with Crippen LogP contribution < -0.4 is 0 Å². The van der Waals surface area contributed by atoms with Crippen molar-refractivity contribution in [3.05, 3.63) is 37.8 Å². The molecular weight excluding hydrogens is 236 g/mol. The van der Waals surface area contributed by atoms with Gasteiger partial charge in [0.25, 0.3) is 5.69 Å². The average Bonchev–Trinajstić information content (AvgIpc) is 2.08. The van der Waals surface area contributed by atoms with E-state index < -0.39 is 4.92 Å². The van der Waals surface area contributed by atoms with Crippen LogP contribution in [0.2, 0.25) is 0 Å². The lowest BCUT2D eigenvalue weighted by atomic mass is 10.1. The number of nitro benzene ring substituents is 1. The van der Waals surface area contributed by atoms with Crippen molar-refractivity contribution in [2.45, 2.75) is 6.92 Å². The van der Waals surface area contributed by atoms with Gasteiger partial charge in [-0.05, 0) is 34.5 Å². The van der Waals surface area contributed by atoms with Crippen LogP contribution in [0.25, 0.3) is 0 Å². The number of rotatable bonds is 1. The van der Waals surface area contributed by atoms with Crippen LogP contribution >= 0.6 is 15.9 Å². The van der Waals surface area contributed by atoms with E-state index in [9.17, 15) is 10.1 Å². The molecular formula is C8H5BrN2O2. The summed E-state index contributed by atoms with van der Waals surface area (Å²) in [6.07, 6.45) is 0. The molecule has 4 nitrogen and oxygen atoms in total. The molecule has 0 aromatic heterocycles. The Kier molecular flexibility index (Phi) is 2.63. The molecule has 0 spiro atoms. The van der Waals surface area contributed by atoms with E-state index in [1.807, 2.05) is 6.07 Å². The van der Waals surface area contributed by atoms with Crippen LogP contribution in [-0.2, 0) is 0 Å². The summed E-state index contributed by atoms with van der Waals surface area (Å²) >= 11 is 3.01. The highest BCUT2D eigenvalue weighted by Gasteiger charge is 2.15. The highest BCUT2D eigenvalue weighted by atomic mass is 79.9. The van der Waals surface area contributed by atoms with E-state index in [0.717, 1.165) is 0 Å². The number of hydrogen-bond donors (Lipinski definition) is 0. The van der Waals surface area contributed by atoms with Crippen molar-refractivity contribution in [1.29, 1.82) is 5.26 Å². The fourth-order valence-electron chi connectivity index (χ4n) is 0.964. The summed E-state index contributed by atoms with van der Waals surface area (Å²) in [5.74, 6) is 0. The summed E-state index contributed by atoms with van der Waals surface area (Å²) in [5.41, 5.74) is 0.912. The molecule has 0 aliphatic carbocycles. The van der Waals surface area contributed by atoms with Crippen LogP contribution in [0, 0.1) is 28.4 Å². The van der Waals surface area contributed by atoms with Crippen LogP contribution in [0.5, 0.6) is 0 Å². The second-order valence-electron chi connectivity index (χ2n) is 2.51. The molecule has 1 aromatic carbocycles. The van der Waals surface area contributed by atoms with Crippen molar-refractivity contribution in [3.63, 3.8) is 0 Å². The Morgan fingerprint density at radius 2 is 2.23 bits per heavy atom. The summed E-state index contributed by atoms with van der Waals surface area (Å²) in [6, 6.07) is 4.90. The minimum absolute atomic E-state index is 0.0726. The smallest absolute Gasteiger partial charge is 0.258 e. The molecule has 0 fully saturated rings. The fourth-order valence-corrected chi connectivity index (χ4v) is 1.43. The lowest BCUT2D eigenvalue weighted by molar-refractivity contribution is -0.385. The zero-order chi connectivity index (χ0) is 10.0. The molecule has 0 N–H and O–H groups in total. The third-order valence-corrected chi connectivity index (χ3v) is 2.35. The molecule has 0 aliphatic rings. The first-order chi connectivity index (χ1) is 6.06. The molecule has 66 valence electrons. The van der Waals surface area contributed by atoms with E-state index in [4.69, 9.17) is 5.26 Å². The standard InChI is InChI=1S/C8H5BrN2O2/c1-5-2-6(4-10)8(9)7(3-5)11(12)13/h2-3H,1H3. The van der Waals surface area contributed by atoms with E-state index in [1.54, 1.807) is 13.0 Å². The maximum Gasteiger partial charge on any atom is 0.285 e. The molecule has 13 heavy (non-hydrogen) atoms. The molecule has 0 saturated carbocycles. The fraction of sp³-hybridized carbons (Fsp3) is 0.125. The largest absolute Gasteiger partial charge is 0.285 e. The molecule has 1 aromatic rings. The first kappa shape index (κ1) is 9.68. The van der Waals surface area contributed by atoms with Crippen LogP contribution in [0.4, 0.5) is 5.69 Å². The minimum Gasteiger partial charge on any atom is -0.258 e. The van der Waals surface area contributed by atoms with E-state index in [2.05, 4.69) is 15.9 Å². The van der Waals surface area contributed by atoms with Gasteiger partial charge in [-0.25, -0.2) is 0 Å². The van der Waals surface area contributed by atoms with Gasteiger partial charge in [-0.1, -0.05) is 0 Å². The highest BCUT2D eigenvalue weighted by Crippen LogP contribution is 2.29. The van der Waals surface area contributed by atoms with E-state index >= 15 is 0 Å². The molecule has 0 amide bonds. The van der Waals surface area contributed by atoms with Gasteiger partial charge >= 0.3 is 0 Å². The Bertz CT molecular complexity index is 409. The summed E-state index contributed by atoms with van der Waals surface area (Å²) < 4.78 is 0.241. The molecule has 0 bridgehead atoms. The van der Waals surface area contributed by atoms with Gasteiger partial charge in [0.05, 0.1) is 10.5 Å². The molecule has 0 aliphatic heterocycles. The van der Waals surface area contributed by atoms with Crippen LogP contribution in [0.15, 0.2) is 16.6 Å². The van der Waals surface area contributed by atoms with Crippen molar-refractivity contribution in [2.24, 2.45) is 0 Å². The number of aryl methyl sites for hydroxylation is 1. The summed E-state index contributed by atoms with van der Waals surface area (Å²) in [4.78, 5) is 9.99. The van der Waals surface area contributed by atoms with E-state index in [-0.39, 0.29) is 15.7 Å². The second kappa shape index (κ2) is 3.54. The zero-order valence-electron chi connectivity index (χ0n) is 6.74. The normalized spacial score (nSPS) is 9.31. The third kappa shape index (κ3) is 1.84. The molecule has 0 saturated heterocycles. The van der Waals surface area contributed by atoms with Crippen molar-refractivity contribution in [1.82, 2.24) is 0 Å². The Morgan fingerprint density at radius 3 is 2.69 bits per heavy atom. The second-order valence-corrected chi connectivity index (χ2v) is 3.31. The summed E-state index contributed by atoms with van der Waals surface area (Å²) in [6.45, 7) is 1.71. The minimum atomic E-state index is -0.516. The number of nitriles is 1. The number of benzene rings is 1. The van der Waals surface area contributed by atoms with Crippen molar-refractivity contribution in [2.75, 3.05) is 0 Å². The first-order valence-corrected chi connectivity index (χ1v) is 4.20. The quantitative estimate of drug-likeness (QED) is 0.560. The molecule has 0 radical (unpaired) electrons. The van der Waals surface area contributed by atoms with Gasteiger partial charge in [0.2, 0.25) is 0 Å². The lowest BCUT2D eigenvalue weighted by Crippen LogP contribution is -1.92. The molecule has 0 heterocycles. The maximum atomic E-state index is 10.5. The van der Waals surface area contributed by atoms with Gasteiger partial charge in [0, 0.05) is 6.07 Å². The van der Waals surface area contributed by atoms with Crippen LogP contribution in [0.1, 0.15) is 11.1 Å². The Morgan fingerprint density at radius 1 is 1.62 bits per heavy atom. The van der Waals surface area contributed by atoms with Gasteiger partial charge in [-0.2, -0.15) is 5.26 Å². The molecule has 0 atom stereocenters. The number of nitro groups is 1. The Labute approximate surface area is 83.1 Å². The van der Waals surface area contributed by atoms with Gasteiger partial charge in [-0.3, -0.25) is 10.1 Å². The molecule has 5 heteroatoms. The van der Waals surface area contributed by atoms with Crippen LogP contribution in [0.3, 0.4) is 0 Å².